The summed E-state index contributed by atoms with van der Waals surface area (Å²) in [5.41, 5.74) is 9.01. The van der Waals surface area contributed by atoms with Gasteiger partial charge < -0.3 is 5.73 Å². The SMILES string of the molecule is C=CCS(=O)(=O)c1[nH]nc2cccc(-c3ccc(CN)cc3)c12. The second-order valence-electron chi connectivity index (χ2n) is 5.22. The van der Waals surface area contributed by atoms with Crippen LogP contribution in [0.4, 0.5) is 0 Å². The first-order valence-corrected chi connectivity index (χ1v) is 8.82. The molecule has 0 saturated carbocycles. The Morgan fingerprint density at radius 2 is 1.91 bits per heavy atom. The summed E-state index contributed by atoms with van der Waals surface area (Å²) in [5.74, 6) is -0.134. The van der Waals surface area contributed by atoms with Gasteiger partial charge in [-0.2, -0.15) is 5.10 Å². The summed E-state index contributed by atoms with van der Waals surface area (Å²) in [6.07, 6.45) is 1.38. The standard InChI is InChI=1S/C17H17N3O2S/c1-2-10-23(21,22)17-16-14(4-3-5-15(16)19-20-17)13-8-6-12(11-18)7-9-13/h2-9H,1,10-11,18H2,(H,19,20). The van der Waals surface area contributed by atoms with Crippen molar-refractivity contribution in [2.75, 3.05) is 5.75 Å². The van der Waals surface area contributed by atoms with Gasteiger partial charge in [0.15, 0.2) is 14.9 Å². The highest BCUT2D eigenvalue weighted by Crippen LogP contribution is 2.32. The number of fused-ring (bicyclic) bond motifs is 1. The van der Waals surface area contributed by atoms with Crippen LogP contribution in [0.5, 0.6) is 0 Å². The van der Waals surface area contributed by atoms with E-state index in [0.29, 0.717) is 17.4 Å². The molecule has 6 heteroatoms. The van der Waals surface area contributed by atoms with Gasteiger partial charge in [-0.25, -0.2) is 8.42 Å². The zero-order valence-corrected chi connectivity index (χ0v) is 13.3. The van der Waals surface area contributed by atoms with Gasteiger partial charge >= 0.3 is 0 Å². The van der Waals surface area contributed by atoms with Crippen molar-refractivity contribution in [3.63, 3.8) is 0 Å². The molecule has 0 spiro atoms. The Labute approximate surface area is 134 Å². The highest BCUT2D eigenvalue weighted by Gasteiger charge is 2.21. The molecule has 0 fully saturated rings. The van der Waals surface area contributed by atoms with E-state index in [1.54, 1.807) is 6.07 Å². The predicted molar refractivity (Wildman–Crippen MR) is 91.7 cm³/mol. The number of nitrogens with zero attached hydrogens (tertiary/aromatic N) is 1. The van der Waals surface area contributed by atoms with E-state index < -0.39 is 9.84 Å². The van der Waals surface area contributed by atoms with Crippen LogP contribution in [0.3, 0.4) is 0 Å². The zero-order chi connectivity index (χ0) is 16.4. The van der Waals surface area contributed by atoms with E-state index in [-0.39, 0.29) is 10.8 Å². The number of H-pyrrole nitrogens is 1. The molecule has 5 nitrogen and oxygen atoms in total. The Morgan fingerprint density at radius 1 is 1.17 bits per heavy atom. The average molecular weight is 327 g/mol. The summed E-state index contributed by atoms with van der Waals surface area (Å²) in [7, 11) is -3.49. The molecule has 3 rings (SSSR count). The molecule has 0 saturated heterocycles. The first-order valence-electron chi connectivity index (χ1n) is 7.17. The van der Waals surface area contributed by atoms with E-state index in [2.05, 4.69) is 16.8 Å². The third-order valence-electron chi connectivity index (χ3n) is 3.70. The average Bonchev–Trinajstić information content (AvgIpc) is 3.00. The van der Waals surface area contributed by atoms with Crippen LogP contribution in [0.1, 0.15) is 5.56 Å². The molecular formula is C17H17N3O2S. The molecule has 0 atom stereocenters. The van der Waals surface area contributed by atoms with Crippen molar-refractivity contribution in [1.29, 1.82) is 0 Å². The van der Waals surface area contributed by atoms with Gasteiger partial charge in [0.25, 0.3) is 0 Å². The maximum atomic E-state index is 12.4. The highest BCUT2D eigenvalue weighted by atomic mass is 32.2. The molecule has 0 aliphatic carbocycles. The van der Waals surface area contributed by atoms with Gasteiger partial charge in [0, 0.05) is 11.9 Å². The minimum absolute atomic E-state index is 0.130. The van der Waals surface area contributed by atoms with Gasteiger partial charge in [0.1, 0.15) is 0 Å². The summed E-state index contributed by atoms with van der Waals surface area (Å²) >= 11 is 0. The maximum absolute atomic E-state index is 12.4. The molecule has 2 aromatic carbocycles. The third-order valence-corrected chi connectivity index (χ3v) is 5.29. The van der Waals surface area contributed by atoms with Crippen LogP contribution in [-0.4, -0.2) is 24.4 Å². The number of rotatable bonds is 5. The molecule has 0 aliphatic heterocycles. The molecule has 0 bridgehead atoms. The number of benzene rings is 2. The summed E-state index contributed by atoms with van der Waals surface area (Å²) < 4.78 is 24.9. The summed E-state index contributed by atoms with van der Waals surface area (Å²) in [6.45, 7) is 3.98. The number of hydrogen-bond donors (Lipinski definition) is 2. The number of nitrogens with one attached hydrogen (secondary N) is 1. The van der Waals surface area contributed by atoms with E-state index in [1.165, 1.54) is 6.08 Å². The Bertz CT molecular complexity index is 957. The first kappa shape index (κ1) is 15.5. The van der Waals surface area contributed by atoms with E-state index in [4.69, 9.17) is 5.73 Å². The second kappa shape index (κ2) is 5.98. The van der Waals surface area contributed by atoms with Crippen molar-refractivity contribution in [2.45, 2.75) is 11.6 Å². The lowest BCUT2D eigenvalue weighted by Gasteiger charge is -2.07. The van der Waals surface area contributed by atoms with Crippen molar-refractivity contribution in [2.24, 2.45) is 5.73 Å². The summed E-state index contributed by atoms with van der Waals surface area (Å²) in [4.78, 5) is 0. The lowest BCUT2D eigenvalue weighted by atomic mass is 10.0. The van der Waals surface area contributed by atoms with E-state index in [1.807, 2.05) is 36.4 Å². The molecule has 1 aromatic heterocycles. The molecule has 3 aromatic rings. The molecular weight excluding hydrogens is 310 g/mol. The fraction of sp³-hybridized carbons (Fsp3) is 0.118. The zero-order valence-electron chi connectivity index (χ0n) is 12.5. The largest absolute Gasteiger partial charge is 0.326 e. The molecule has 3 N–H and O–H groups in total. The van der Waals surface area contributed by atoms with Gasteiger partial charge in [-0.1, -0.05) is 42.5 Å². The minimum Gasteiger partial charge on any atom is -0.326 e. The molecule has 1 heterocycles. The lowest BCUT2D eigenvalue weighted by molar-refractivity contribution is 0.596. The Hall–Kier alpha value is -2.44. The van der Waals surface area contributed by atoms with Gasteiger partial charge in [-0.3, -0.25) is 5.10 Å². The number of aromatic amines is 1. The van der Waals surface area contributed by atoms with Gasteiger partial charge in [0.2, 0.25) is 0 Å². The summed E-state index contributed by atoms with van der Waals surface area (Å²) in [5, 5.41) is 7.53. The van der Waals surface area contributed by atoms with Gasteiger partial charge in [0.05, 0.1) is 11.3 Å². The maximum Gasteiger partial charge on any atom is 0.199 e. The van der Waals surface area contributed by atoms with Crippen molar-refractivity contribution >= 4 is 20.7 Å². The van der Waals surface area contributed by atoms with Crippen molar-refractivity contribution in [1.82, 2.24) is 10.2 Å². The molecule has 0 radical (unpaired) electrons. The Morgan fingerprint density at radius 3 is 2.57 bits per heavy atom. The van der Waals surface area contributed by atoms with Crippen molar-refractivity contribution in [3.8, 4) is 11.1 Å². The van der Waals surface area contributed by atoms with Gasteiger partial charge in [-0.05, 0) is 22.8 Å². The fourth-order valence-electron chi connectivity index (χ4n) is 2.56. The Kier molecular flexibility index (Phi) is 4.02. The van der Waals surface area contributed by atoms with E-state index in [9.17, 15) is 8.42 Å². The quantitative estimate of drug-likeness (QED) is 0.705. The topological polar surface area (TPSA) is 88.8 Å². The fourth-order valence-corrected chi connectivity index (χ4v) is 3.75. The third kappa shape index (κ3) is 2.78. The van der Waals surface area contributed by atoms with Crippen LogP contribution in [0.2, 0.25) is 0 Å². The Balaban J connectivity index is 2.25. The van der Waals surface area contributed by atoms with Crippen molar-refractivity contribution in [3.05, 3.63) is 60.7 Å². The number of sulfone groups is 1. The lowest BCUT2D eigenvalue weighted by Crippen LogP contribution is -2.05. The molecule has 23 heavy (non-hydrogen) atoms. The molecule has 118 valence electrons. The first-order chi connectivity index (χ1) is 11.1. The van der Waals surface area contributed by atoms with Crippen molar-refractivity contribution < 1.29 is 8.42 Å². The van der Waals surface area contributed by atoms with Crippen LogP contribution in [0.15, 0.2) is 60.1 Å². The number of nitrogens with two attached hydrogens (primary N) is 1. The molecule has 0 aliphatic rings. The molecule has 0 amide bonds. The highest BCUT2D eigenvalue weighted by molar-refractivity contribution is 7.91. The molecule has 0 unspecified atom stereocenters. The number of hydrogen-bond acceptors (Lipinski definition) is 4. The predicted octanol–water partition coefficient (Wildman–Crippen LogP) is 2.65. The van der Waals surface area contributed by atoms with Crippen LogP contribution in [0, 0.1) is 0 Å². The van der Waals surface area contributed by atoms with Gasteiger partial charge in [-0.15, -0.1) is 6.58 Å². The minimum atomic E-state index is -3.49. The van der Waals surface area contributed by atoms with Crippen LogP contribution < -0.4 is 5.73 Å². The van der Waals surface area contributed by atoms with Crippen LogP contribution in [-0.2, 0) is 16.4 Å². The van der Waals surface area contributed by atoms with E-state index in [0.717, 1.165) is 16.7 Å². The summed E-state index contributed by atoms with van der Waals surface area (Å²) in [6, 6.07) is 13.3. The van der Waals surface area contributed by atoms with Crippen LogP contribution >= 0.6 is 0 Å². The monoisotopic (exact) mass is 327 g/mol. The van der Waals surface area contributed by atoms with E-state index >= 15 is 0 Å². The second-order valence-corrected chi connectivity index (χ2v) is 7.19. The normalized spacial score (nSPS) is 11.7. The smallest absolute Gasteiger partial charge is 0.199 e. The van der Waals surface area contributed by atoms with Crippen LogP contribution in [0.25, 0.3) is 22.0 Å². The number of aromatic nitrogens is 2.